The summed E-state index contributed by atoms with van der Waals surface area (Å²) in [7, 11) is 0. The first kappa shape index (κ1) is 11.2. The van der Waals surface area contributed by atoms with Gasteiger partial charge in [-0.2, -0.15) is 4.98 Å². The summed E-state index contributed by atoms with van der Waals surface area (Å²) in [5.41, 5.74) is 1.15. The van der Waals surface area contributed by atoms with Gasteiger partial charge >= 0.3 is 0 Å². The van der Waals surface area contributed by atoms with Gasteiger partial charge in [0.25, 0.3) is 0 Å². The van der Waals surface area contributed by atoms with Gasteiger partial charge < -0.3 is 4.52 Å². The van der Waals surface area contributed by atoms with Crippen molar-refractivity contribution in [3.63, 3.8) is 0 Å². The summed E-state index contributed by atoms with van der Waals surface area (Å²) in [4.78, 5) is 4.19. The molecule has 0 saturated heterocycles. The summed E-state index contributed by atoms with van der Waals surface area (Å²) >= 11 is 5.64. The quantitative estimate of drug-likeness (QED) is 0.675. The van der Waals surface area contributed by atoms with Crippen molar-refractivity contribution in [1.82, 2.24) is 10.1 Å². The van der Waals surface area contributed by atoms with Gasteiger partial charge in [0.15, 0.2) is 5.82 Å². The summed E-state index contributed by atoms with van der Waals surface area (Å²) in [6.07, 6.45) is 0.634. The number of aromatic nitrogens is 2. The molecule has 0 aliphatic carbocycles. The molecule has 0 unspecified atom stereocenters. The van der Waals surface area contributed by atoms with Crippen LogP contribution in [-0.4, -0.2) is 10.1 Å². The Morgan fingerprint density at radius 1 is 1.06 bits per heavy atom. The van der Waals surface area contributed by atoms with Crippen LogP contribution in [0.25, 0.3) is 10.8 Å². The third kappa shape index (κ3) is 2.22. The van der Waals surface area contributed by atoms with Crippen LogP contribution in [0.3, 0.4) is 0 Å². The maximum Gasteiger partial charge on any atom is 0.231 e. The highest BCUT2D eigenvalue weighted by Crippen LogP contribution is 2.17. The van der Waals surface area contributed by atoms with Crippen LogP contribution in [0.2, 0.25) is 0 Å². The van der Waals surface area contributed by atoms with Crippen molar-refractivity contribution >= 4 is 22.4 Å². The molecule has 0 aliphatic rings. The molecule has 0 saturated carbocycles. The number of hydrogen-bond donors (Lipinski definition) is 0. The number of hydrogen-bond acceptors (Lipinski definition) is 3. The average molecular weight is 259 g/mol. The minimum absolute atomic E-state index is 0.279. The Bertz CT molecular complexity index is 678. The molecule has 0 atom stereocenters. The van der Waals surface area contributed by atoms with Gasteiger partial charge in [0, 0.05) is 0 Å². The van der Waals surface area contributed by atoms with E-state index in [1.165, 1.54) is 10.8 Å². The minimum atomic E-state index is 0.279. The lowest BCUT2D eigenvalue weighted by Gasteiger charge is -2.00. The fourth-order valence-corrected chi connectivity index (χ4v) is 2.05. The molecule has 1 aromatic heterocycles. The molecular weight excluding hydrogens is 248 g/mol. The van der Waals surface area contributed by atoms with Gasteiger partial charge in [0.2, 0.25) is 5.89 Å². The molecule has 1 heterocycles. The van der Waals surface area contributed by atoms with Gasteiger partial charge in [-0.25, -0.2) is 0 Å². The smallest absolute Gasteiger partial charge is 0.231 e. The Morgan fingerprint density at radius 3 is 2.67 bits per heavy atom. The average Bonchev–Trinajstić information content (AvgIpc) is 2.86. The Labute approximate surface area is 109 Å². The van der Waals surface area contributed by atoms with E-state index in [-0.39, 0.29) is 5.88 Å². The van der Waals surface area contributed by atoms with E-state index < -0.39 is 0 Å². The number of alkyl halides is 1. The molecule has 3 aromatic rings. The molecular formula is C14H11ClN2O. The van der Waals surface area contributed by atoms with Crippen molar-refractivity contribution in [1.29, 1.82) is 0 Å². The maximum absolute atomic E-state index is 5.64. The number of benzene rings is 2. The molecule has 90 valence electrons. The number of nitrogens with zero attached hydrogens (tertiary/aromatic N) is 2. The predicted octanol–water partition coefficient (Wildman–Crippen LogP) is 3.55. The first-order chi connectivity index (χ1) is 8.85. The van der Waals surface area contributed by atoms with Gasteiger partial charge in [0.05, 0.1) is 12.3 Å². The molecule has 0 aliphatic heterocycles. The van der Waals surface area contributed by atoms with Gasteiger partial charge in [-0.15, -0.1) is 11.6 Å². The van der Waals surface area contributed by atoms with Gasteiger partial charge in [-0.3, -0.25) is 0 Å². The van der Waals surface area contributed by atoms with E-state index in [0.717, 1.165) is 5.56 Å². The van der Waals surface area contributed by atoms with Crippen molar-refractivity contribution in [3.8, 4) is 0 Å². The lowest BCUT2D eigenvalue weighted by Crippen LogP contribution is -1.89. The predicted molar refractivity (Wildman–Crippen MR) is 70.6 cm³/mol. The van der Waals surface area contributed by atoms with Gasteiger partial charge in [-0.05, 0) is 16.3 Å². The highest BCUT2D eigenvalue weighted by molar-refractivity contribution is 6.16. The number of fused-ring (bicyclic) bond motifs is 1. The van der Waals surface area contributed by atoms with Crippen molar-refractivity contribution < 1.29 is 4.52 Å². The lowest BCUT2D eigenvalue weighted by atomic mass is 10.1. The Balaban J connectivity index is 1.90. The third-order valence-electron chi connectivity index (χ3n) is 2.80. The van der Waals surface area contributed by atoms with E-state index in [4.69, 9.17) is 16.1 Å². The van der Waals surface area contributed by atoms with E-state index in [9.17, 15) is 0 Å². The first-order valence-electron chi connectivity index (χ1n) is 5.70. The molecule has 0 bridgehead atoms. The van der Waals surface area contributed by atoms with Crippen LogP contribution < -0.4 is 0 Å². The summed E-state index contributed by atoms with van der Waals surface area (Å²) in [6, 6.07) is 14.6. The fraction of sp³-hybridized carbons (Fsp3) is 0.143. The second-order valence-electron chi connectivity index (χ2n) is 4.10. The Morgan fingerprint density at radius 2 is 1.89 bits per heavy atom. The second kappa shape index (κ2) is 4.78. The van der Waals surface area contributed by atoms with Crippen LogP contribution in [0.15, 0.2) is 47.0 Å². The molecule has 0 spiro atoms. The van der Waals surface area contributed by atoms with E-state index >= 15 is 0 Å². The highest BCUT2D eigenvalue weighted by atomic mass is 35.5. The van der Waals surface area contributed by atoms with Crippen molar-refractivity contribution in [3.05, 3.63) is 59.7 Å². The normalized spacial score (nSPS) is 10.9. The van der Waals surface area contributed by atoms with Crippen LogP contribution in [-0.2, 0) is 12.3 Å². The number of rotatable bonds is 3. The first-order valence-corrected chi connectivity index (χ1v) is 6.24. The van der Waals surface area contributed by atoms with Crippen LogP contribution in [0.4, 0.5) is 0 Å². The summed E-state index contributed by atoms with van der Waals surface area (Å²) < 4.78 is 5.13. The van der Waals surface area contributed by atoms with Crippen molar-refractivity contribution in [2.75, 3.05) is 0 Å². The summed E-state index contributed by atoms with van der Waals surface area (Å²) in [5.74, 6) is 1.41. The van der Waals surface area contributed by atoms with E-state index in [1.54, 1.807) is 0 Å². The van der Waals surface area contributed by atoms with Gasteiger partial charge in [0.1, 0.15) is 0 Å². The van der Waals surface area contributed by atoms with Crippen LogP contribution in [0.5, 0.6) is 0 Å². The molecule has 0 N–H and O–H groups in total. The SMILES string of the molecule is ClCc1noc(Cc2ccc3ccccc3c2)n1. The Hall–Kier alpha value is -1.87. The molecule has 2 aromatic carbocycles. The summed E-state index contributed by atoms with van der Waals surface area (Å²) in [5, 5.41) is 6.22. The van der Waals surface area contributed by atoms with E-state index in [1.807, 2.05) is 12.1 Å². The largest absolute Gasteiger partial charge is 0.339 e. The maximum atomic E-state index is 5.64. The molecule has 4 heteroatoms. The van der Waals surface area contributed by atoms with E-state index in [0.29, 0.717) is 18.1 Å². The third-order valence-corrected chi connectivity index (χ3v) is 3.04. The van der Waals surface area contributed by atoms with Crippen LogP contribution in [0, 0.1) is 0 Å². The number of halogens is 1. The molecule has 3 nitrogen and oxygen atoms in total. The zero-order chi connectivity index (χ0) is 12.4. The minimum Gasteiger partial charge on any atom is -0.339 e. The Kier molecular flexibility index (Phi) is 2.99. The van der Waals surface area contributed by atoms with Gasteiger partial charge in [-0.1, -0.05) is 47.6 Å². The second-order valence-corrected chi connectivity index (χ2v) is 4.36. The van der Waals surface area contributed by atoms with Crippen LogP contribution >= 0.6 is 11.6 Å². The van der Waals surface area contributed by atoms with Crippen molar-refractivity contribution in [2.45, 2.75) is 12.3 Å². The molecule has 0 amide bonds. The molecule has 0 fully saturated rings. The standard InChI is InChI=1S/C14H11ClN2O/c15-9-13-16-14(18-17-13)8-10-5-6-11-3-1-2-4-12(11)7-10/h1-7H,8-9H2. The highest BCUT2D eigenvalue weighted by Gasteiger charge is 2.06. The van der Waals surface area contributed by atoms with E-state index in [2.05, 4.69) is 40.5 Å². The molecule has 3 rings (SSSR count). The summed E-state index contributed by atoms with van der Waals surface area (Å²) in [6.45, 7) is 0. The fourth-order valence-electron chi connectivity index (χ4n) is 1.94. The molecule has 18 heavy (non-hydrogen) atoms. The monoisotopic (exact) mass is 258 g/mol. The molecule has 0 radical (unpaired) electrons. The van der Waals surface area contributed by atoms with Crippen LogP contribution in [0.1, 0.15) is 17.3 Å². The lowest BCUT2D eigenvalue weighted by molar-refractivity contribution is 0.381. The topological polar surface area (TPSA) is 38.9 Å². The zero-order valence-corrected chi connectivity index (χ0v) is 10.4. The zero-order valence-electron chi connectivity index (χ0n) is 9.64. The van der Waals surface area contributed by atoms with Crippen molar-refractivity contribution in [2.24, 2.45) is 0 Å².